The molecule has 0 radical (unpaired) electrons. The van der Waals surface area contributed by atoms with E-state index in [4.69, 9.17) is 0 Å². The molecule has 4 heteroatoms. The van der Waals surface area contributed by atoms with Gasteiger partial charge < -0.3 is 10.4 Å². The van der Waals surface area contributed by atoms with Crippen LogP contribution in [0.3, 0.4) is 0 Å². The molecule has 19 heavy (non-hydrogen) atoms. The molecule has 0 aliphatic heterocycles. The van der Waals surface area contributed by atoms with Gasteiger partial charge in [-0.2, -0.15) is 0 Å². The van der Waals surface area contributed by atoms with Crippen molar-refractivity contribution in [3.8, 4) is 0 Å². The molecule has 0 unspecified atom stereocenters. The summed E-state index contributed by atoms with van der Waals surface area (Å²) in [5.74, 6) is 0.518. The molecular formula is C15H22BrNO2. The lowest BCUT2D eigenvalue weighted by Crippen LogP contribution is -2.17. The lowest BCUT2D eigenvalue weighted by molar-refractivity contribution is -0.113. The first-order chi connectivity index (χ1) is 8.90. The van der Waals surface area contributed by atoms with Crippen molar-refractivity contribution in [2.75, 3.05) is 10.6 Å². The van der Waals surface area contributed by atoms with Gasteiger partial charge in [-0.3, -0.25) is 4.79 Å². The van der Waals surface area contributed by atoms with Crippen LogP contribution >= 0.6 is 15.9 Å². The van der Waals surface area contributed by atoms with E-state index in [-0.39, 0.29) is 29.7 Å². The van der Waals surface area contributed by atoms with Crippen molar-refractivity contribution in [2.24, 2.45) is 0 Å². The first-order valence-electron chi connectivity index (χ1n) is 6.54. The summed E-state index contributed by atoms with van der Waals surface area (Å²) in [5, 5.41) is 12.6. The molecule has 106 valence electrons. The van der Waals surface area contributed by atoms with E-state index in [9.17, 15) is 9.90 Å². The smallest absolute Gasteiger partial charge is 0.235 e. The maximum atomic E-state index is 11.7. The van der Waals surface area contributed by atoms with Crippen LogP contribution in [0.15, 0.2) is 12.1 Å². The van der Waals surface area contributed by atoms with Gasteiger partial charge in [-0.05, 0) is 28.5 Å². The number of hydrogen-bond donors (Lipinski definition) is 2. The average molecular weight is 328 g/mol. The van der Waals surface area contributed by atoms with E-state index in [0.717, 1.165) is 22.4 Å². The summed E-state index contributed by atoms with van der Waals surface area (Å²) in [4.78, 5) is 11.7. The summed E-state index contributed by atoms with van der Waals surface area (Å²) in [5.41, 5.74) is 3.94. The van der Waals surface area contributed by atoms with Crippen LogP contribution in [0, 0.1) is 0 Å². The minimum Gasteiger partial charge on any atom is -0.392 e. The van der Waals surface area contributed by atoms with Crippen molar-refractivity contribution in [1.29, 1.82) is 0 Å². The van der Waals surface area contributed by atoms with Gasteiger partial charge in [-0.15, -0.1) is 0 Å². The van der Waals surface area contributed by atoms with Crippen LogP contribution in [0.4, 0.5) is 5.69 Å². The standard InChI is InChI=1S/C15H22BrNO2/c1-9(2)12-5-11(8-18)6-13(10(3)4)15(12)17-14(19)7-16/h5-6,9-10,18H,7-8H2,1-4H3,(H,17,19). The largest absolute Gasteiger partial charge is 0.392 e. The number of amides is 1. The summed E-state index contributed by atoms with van der Waals surface area (Å²) in [6.07, 6.45) is 0. The van der Waals surface area contributed by atoms with Crippen LogP contribution in [-0.4, -0.2) is 16.3 Å². The number of carbonyl (C=O) groups is 1. The predicted molar refractivity (Wildman–Crippen MR) is 83.0 cm³/mol. The van der Waals surface area contributed by atoms with E-state index in [2.05, 4.69) is 48.9 Å². The Hall–Kier alpha value is -0.870. The highest BCUT2D eigenvalue weighted by Crippen LogP contribution is 2.34. The normalized spacial score (nSPS) is 11.2. The zero-order valence-corrected chi connectivity index (χ0v) is 13.5. The molecule has 0 bridgehead atoms. The van der Waals surface area contributed by atoms with E-state index in [1.165, 1.54) is 0 Å². The fraction of sp³-hybridized carbons (Fsp3) is 0.533. The van der Waals surface area contributed by atoms with Crippen LogP contribution in [0.25, 0.3) is 0 Å². The number of aliphatic hydroxyl groups is 1. The third kappa shape index (κ3) is 4.05. The number of aliphatic hydroxyl groups excluding tert-OH is 1. The number of halogens is 1. The first kappa shape index (κ1) is 16.2. The van der Waals surface area contributed by atoms with Gasteiger partial charge in [0.1, 0.15) is 0 Å². The molecule has 3 nitrogen and oxygen atoms in total. The predicted octanol–water partition coefficient (Wildman–Crippen LogP) is 3.76. The van der Waals surface area contributed by atoms with Gasteiger partial charge >= 0.3 is 0 Å². The van der Waals surface area contributed by atoms with E-state index < -0.39 is 0 Å². The second-order valence-electron chi connectivity index (χ2n) is 5.30. The Morgan fingerprint density at radius 2 is 1.68 bits per heavy atom. The van der Waals surface area contributed by atoms with Gasteiger partial charge in [0.05, 0.1) is 11.9 Å². The summed E-state index contributed by atoms with van der Waals surface area (Å²) < 4.78 is 0. The number of anilines is 1. The van der Waals surface area contributed by atoms with Gasteiger partial charge in [0, 0.05) is 5.69 Å². The second-order valence-corrected chi connectivity index (χ2v) is 5.86. The minimum atomic E-state index is -0.0550. The van der Waals surface area contributed by atoms with Gasteiger partial charge in [-0.25, -0.2) is 0 Å². The Balaban J connectivity index is 3.40. The lowest BCUT2D eigenvalue weighted by Gasteiger charge is -2.21. The topological polar surface area (TPSA) is 49.3 Å². The third-order valence-corrected chi connectivity index (χ3v) is 3.58. The number of hydrogen-bond acceptors (Lipinski definition) is 2. The summed E-state index contributed by atoms with van der Waals surface area (Å²) in [6, 6.07) is 3.95. The minimum absolute atomic E-state index is 0.0200. The highest BCUT2D eigenvalue weighted by atomic mass is 79.9. The van der Waals surface area contributed by atoms with Crippen molar-refractivity contribution in [3.05, 3.63) is 28.8 Å². The average Bonchev–Trinajstić information content (AvgIpc) is 2.37. The van der Waals surface area contributed by atoms with E-state index in [1.54, 1.807) is 0 Å². The Morgan fingerprint density at radius 1 is 1.21 bits per heavy atom. The molecule has 1 amide bonds. The quantitative estimate of drug-likeness (QED) is 0.809. The van der Waals surface area contributed by atoms with Crippen LogP contribution < -0.4 is 5.32 Å². The van der Waals surface area contributed by atoms with Gasteiger partial charge in [0.15, 0.2) is 0 Å². The molecule has 0 spiro atoms. The van der Waals surface area contributed by atoms with Gasteiger partial charge in [-0.1, -0.05) is 55.8 Å². The van der Waals surface area contributed by atoms with Crippen molar-refractivity contribution in [2.45, 2.75) is 46.1 Å². The Labute approximate surface area is 123 Å². The molecule has 0 heterocycles. The molecule has 1 aromatic carbocycles. The maximum absolute atomic E-state index is 11.7. The number of rotatable bonds is 5. The molecular weight excluding hydrogens is 306 g/mol. The first-order valence-corrected chi connectivity index (χ1v) is 7.66. The molecule has 1 aromatic rings. The van der Waals surface area contributed by atoms with Gasteiger partial charge in [0.2, 0.25) is 5.91 Å². The van der Waals surface area contributed by atoms with Crippen LogP contribution in [0.5, 0.6) is 0 Å². The van der Waals surface area contributed by atoms with Crippen LogP contribution in [-0.2, 0) is 11.4 Å². The Kier molecular flexibility index (Phi) is 6.01. The molecule has 0 saturated heterocycles. The van der Waals surface area contributed by atoms with Crippen molar-refractivity contribution >= 4 is 27.5 Å². The highest BCUT2D eigenvalue weighted by molar-refractivity contribution is 9.09. The molecule has 0 aliphatic rings. The van der Waals surface area contributed by atoms with Crippen molar-refractivity contribution in [1.82, 2.24) is 0 Å². The van der Waals surface area contributed by atoms with Crippen molar-refractivity contribution in [3.63, 3.8) is 0 Å². The maximum Gasteiger partial charge on any atom is 0.235 e. The van der Waals surface area contributed by atoms with E-state index in [1.807, 2.05) is 12.1 Å². The molecule has 0 saturated carbocycles. The molecule has 2 N–H and O–H groups in total. The fourth-order valence-electron chi connectivity index (χ4n) is 2.07. The number of carbonyl (C=O) groups excluding carboxylic acids is 1. The van der Waals surface area contributed by atoms with Crippen LogP contribution in [0.1, 0.15) is 56.2 Å². The zero-order chi connectivity index (χ0) is 14.6. The molecule has 0 fully saturated rings. The molecule has 0 aromatic heterocycles. The van der Waals surface area contributed by atoms with Crippen molar-refractivity contribution < 1.29 is 9.90 Å². The molecule has 1 rings (SSSR count). The summed E-state index contributed by atoms with van der Waals surface area (Å²) >= 11 is 3.17. The summed E-state index contributed by atoms with van der Waals surface area (Å²) in [7, 11) is 0. The highest BCUT2D eigenvalue weighted by Gasteiger charge is 2.17. The number of nitrogens with one attached hydrogen (secondary N) is 1. The number of alkyl halides is 1. The zero-order valence-electron chi connectivity index (χ0n) is 12.0. The Bertz CT molecular complexity index is 426. The molecule has 0 atom stereocenters. The SMILES string of the molecule is CC(C)c1cc(CO)cc(C(C)C)c1NC(=O)CBr. The third-order valence-electron chi connectivity index (χ3n) is 3.07. The Morgan fingerprint density at radius 3 is 2.00 bits per heavy atom. The fourth-order valence-corrected chi connectivity index (χ4v) is 2.21. The number of benzene rings is 1. The second kappa shape index (κ2) is 7.06. The lowest BCUT2D eigenvalue weighted by atomic mass is 9.90. The van der Waals surface area contributed by atoms with Crippen LogP contribution in [0.2, 0.25) is 0 Å². The summed E-state index contributed by atoms with van der Waals surface area (Å²) in [6.45, 7) is 8.37. The van der Waals surface area contributed by atoms with E-state index in [0.29, 0.717) is 0 Å². The molecule has 0 aliphatic carbocycles. The monoisotopic (exact) mass is 327 g/mol. The van der Waals surface area contributed by atoms with Gasteiger partial charge in [0.25, 0.3) is 0 Å². The van der Waals surface area contributed by atoms with E-state index >= 15 is 0 Å².